The van der Waals surface area contributed by atoms with Crippen LogP contribution in [0.15, 0.2) is 36.7 Å². The van der Waals surface area contributed by atoms with Crippen molar-refractivity contribution in [3.8, 4) is 0 Å². The molecule has 0 aliphatic carbocycles. The van der Waals surface area contributed by atoms with Crippen molar-refractivity contribution in [2.75, 3.05) is 36.5 Å². The second-order valence-corrected chi connectivity index (χ2v) is 7.34. The Balaban J connectivity index is 1.62. The largest absolute Gasteiger partial charge is 0.378 e. The molecule has 0 radical (unpaired) electrons. The molecule has 1 fully saturated rings. The van der Waals surface area contributed by atoms with Gasteiger partial charge in [-0.25, -0.2) is 0 Å². The maximum atomic E-state index is 12.3. The van der Waals surface area contributed by atoms with Gasteiger partial charge in [0.2, 0.25) is 5.91 Å². The van der Waals surface area contributed by atoms with Gasteiger partial charge in [-0.15, -0.1) is 0 Å². The first-order chi connectivity index (χ1) is 11.9. The lowest BCUT2D eigenvalue weighted by Gasteiger charge is -2.29. The Morgan fingerprint density at radius 1 is 1.28 bits per heavy atom. The Labute approximate surface area is 148 Å². The lowest BCUT2D eigenvalue weighted by Crippen LogP contribution is -2.36. The van der Waals surface area contributed by atoms with Crippen LogP contribution in [0.5, 0.6) is 0 Å². The molecule has 1 aromatic carbocycles. The molecule has 0 spiro atoms. The molecule has 0 unspecified atom stereocenters. The quantitative estimate of drug-likeness (QED) is 0.928. The van der Waals surface area contributed by atoms with E-state index in [2.05, 4.69) is 48.2 Å². The number of morpholine rings is 1. The molecule has 0 saturated carbocycles. The van der Waals surface area contributed by atoms with Crippen LogP contribution in [0.2, 0.25) is 0 Å². The summed E-state index contributed by atoms with van der Waals surface area (Å²) in [6.45, 7) is 9.50. The molecule has 3 rings (SSSR count). The minimum atomic E-state index is -0.102. The molecule has 0 atom stereocenters. The molecule has 2 aromatic rings. The Hall–Kier alpha value is -2.34. The van der Waals surface area contributed by atoms with E-state index in [4.69, 9.17) is 4.74 Å². The fourth-order valence-electron chi connectivity index (χ4n) is 2.83. The van der Waals surface area contributed by atoms with Crippen molar-refractivity contribution >= 4 is 17.3 Å². The van der Waals surface area contributed by atoms with Crippen LogP contribution in [-0.4, -0.2) is 42.0 Å². The van der Waals surface area contributed by atoms with Crippen molar-refractivity contribution < 1.29 is 9.53 Å². The molecule has 1 N–H and O–H groups in total. The highest BCUT2D eigenvalue weighted by atomic mass is 16.5. The third kappa shape index (κ3) is 4.60. The Morgan fingerprint density at radius 2 is 2.04 bits per heavy atom. The van der Waals surface area contributed by atoms with Crippen molar-refractivity contribution in [3.05, 3.63) is 42.2 Å². The first-order valence-electron chi connectivity index (χ1n) is 8.68. The van der Waals surface area contributed by atoms with Crippen LogP contribution in [0, 0.1) is 0 Å². The fraction of sp³-hybridized carbons (Fsp3) is 0.474. The summed E-state index contributed by atoms with van der Waals surface area (Å²) in [6, 6.07) is 8.16. The van der Waals surface area contributed by atoms with Gasteiger partial charge in [0, 0.05) is 25.0 Å². The smallest absolute Gasteiger partial charge is 0.228 e. The zero-order chi connectivity index (χ0) is 17.9. The van der Waals surface area contributed by atoms with Crippen LogP contribution in [-0.2, 0) is 21.5 Å². The number of ether oxygens (including phenoxy) is 1. The zero-order valence-corrected chi connectivity index (χ0v) is 15.2. The van der Waals surface area contributed by atoms with Crippen molar-refractivity contribution in [3.63, 3.8) is 0 Å². The minimum absolute atomic E-state index is 0.0346. The molecule has 6 nitrogen and oxygen atoms in total. The number of hydrogen-bond acceptors (Lipinski definition) is 4. The maximum absolute atomic E-state index is 12.3. The van der Waals surface area contributed by atoms with Gasteiger partial charge >= 0.3 is 0 Å². The first-order valence-corrected chi connectivity index (χ1v) is 8.68. The summed E-state index contributed by atoms with van der Waals surface area (Å²) in [5.74, 6) is -0.0346. The summed E-state index contributed by atoms with van der Waals surface area (Å²) in [6.07, 6.45) is 3.90. The predicted octanol–water partition coefficient (Wildman–Crippen LogP) is 2.66. The molecule has 6 heteroatoms. The second-order valence-electron chi connectivity index (χ2n) is 7.34. The van der Waals surface area contributed by atoms with Gasteiger partial charge in [-0.1, -0.05) is 12.1 Å². The summed E-state index contributed by atoms with van der Waals surface area (Å²) in [4.78, 5) is 14.6. The van der Waals surface area contributed by atoms with Crippen LogP contribution in [0.4, 0.5) is 11.4 Å². The number of nitrogens with one attached hydrogen (secondary N) is 1. The number of carbonyl (C=O) groups excluding carboxylic acids is 1. The monoisotopic (exact) mass is 342 g/mol. The van der Waals surface area contributed by atoms with Crippen molar-refractivity contribution in [2.45, 2.75) is 32.7 Å². The second kappa shape index (κ2) is 7.27. The van der Waals surface area contributed by atoms with Gasteiger partial charge < -0.3 is 15.0 Å². The molecule has 134 valence electrons. The van der Waals surface area contributed by atoms with Gasteiger partial charge in [-0.05, 0) is 38.5 Å². The number of benzene rings is 1. The van der Waals surface area contributed by atoms with Crippen molar-refractivity contribution in [1.29, 1.82) is 0 Å². The van der Waals surface area contributed by atoms with E-state index in [1.54, 1.807) is 6.20 Å². The average Bonchev–Trinajstić information content (AvgIpc) is 3.04. The molecule has 1 aromatic heterocycles. The topological polar surface area (TPSA) is 59.4 Å². The molecule has 1 saturated heterocycles. The lowest BCUT2D eigenvalue weighted by atomic mass is 10.1. The van der Waals surface area contributed by atoms with Crippen LogP contribution >= 0.6 is 0 Å². The standard InChI is InChI=1S/C19H26N4O2/c1-19(2,3)23-14-16(13-20-23)21-18(24)12-15-5-4-6-17(11-15)22-7-9-25-10-8-22/h4-6,11,13-14H,7-10,12H2,1-3H3,(H,21,24). The highest BCUT2D eigenvalue weighted by molar-refractivity contribution is 5.92. The lowest BCUT2D eigenvalue weighted by molar-refractivity contribution is -0.115. The Bertz CT molecular complexity index is 727. The summed E-state index contributed by atoms with van der Waals surface area (Å²) in [5.41, 5.74) is 2.78. The number of anilines is 2. The van der Waals surface area contributed by atoms with Gasteiger partial charge in [0.25, 0.3) is 0 Å². The van der Waals surface area contributed by atoms with E-state index in [9.17, 15) is 4.79 Å². The molecule has 1 aliphatic heterocycles. The number of aromatic nitrogens is 2. The van der Waals surface area contributed by atoms with E-state index in [1.807, 2.05) is 23.0 Å². The molecule has 2 heterocycles. The van der Waals surface area contributed by atoms with Gasteiger partial charge in [0.15, 0.2) is 0 Å². The van der Waals surface area contributed by atoms with E-state index in [-0.39, 0.29) is 11.4 Å². The third-order valence-corrected chi connectivity index (χ3v) is 4.21. The van der Waals surface area contributed by atoms with E-state index < -0.39 is 0 Å². The van der Waals surface area contributed by atoms with Crippen LogP contribution < -0.4 is 10.2 Å². The SMILES string of the molecule is CC(C)(C)n1cc(NC(=O)Cc2cccc(N3CCOCC3)c2)cn1. The first kappa shape index (κ1) is 17.5. The Kier molecular flexibility index (Phi) is 5.08. The van der Waals surface area contributed by atoms with Gasteiger partial charge in [0.05, 0.1) is 37.1 Å². The molecule has 25 heavy (non-hydrogen) atoms. The predicted molar refractivity (Wildman–Crippen MR) is 99.0 cm³/mol. The summed E-state index contributed by atoms with van der Waals surface area (Å²) >= 11 is 0. The highest BCUT2D eigenvalue weighted by Gasteiger charge is 2.15. The minimum Gasteiger partial charge on any atom is -0.378 e. The summed E-state index contributed by atoms with van der Waals surface area (Å²) in [5, 5.41) is 7.23. The van der Waals surface area contributed by atoms with Crippen LogP contribution in [0.25, 0.3) is 0 Å². The van der Waals surface area contributed by atoms with Crippen LogP contribution in [0.3, 0.4) is 0 Å². The third-order valence-electron chi connectivity index (χ3n) is 4.21. The van der Waals surface area contributed by atoms with Crippen molar-refractivity contribution in [1.82, 2.24) is 9.78 Å². The molecular weight excluding hydrogens is 316 g/mol. The van der Waals surface area contributed by atoms with E-state index in [1.165, 1.54) is 0 Å². The number of rotatable bonds is 4. The average molecular weight is 342 g/mol. The maximum Gasteiger partial charge on any atom is 0.228 e. The zero-order valence-electron chi connectivity index (χ0n) is 15.2. The number of hydrogen-bond donors (Lipinski definition) is 1. The van der Waals surface area contributed by atoms with Gasteiger partial charge in [-0.2, -0.15) is 5.10 Å². The van der Waals surface area contributed by atoms with Gasteiger partial charge in [0.1, 0.15) is 0 Å². The molecule has 1 aliphatic rings. The van der Waals surface area contributed by atoms with Gasteiger partial charge in [-0.3, -0.25) is 9.48 Å². The molecule has 1 amide bonds. The van der Waals surface area contributed by atoms with Crippen molar-refractivity contribution in [2.24, 2.45) is 0 Å². The highest BCUT2D eigenvalue weighted by Crippen LogP contribution is 2.19. The van der Waals surface area contributed by atoms with E-state index in [0.717, 1.165) is 43.2 Å². The molecule has 0 bridgehead atoms. The number of carbonyl (C=O) groups is 1. The van der Waals surface area contributed by atoms with E-state index >= 15 is 0 Å². The fourth-order valence-corrected chi connectivity index (χ4v) is 2.83. The number of amides is 1. The normalized spacial score (nSPS) is 15.2. The van der Waals surface area contributed by atoms with Crippen LogP contribution in [0.1, 0.15) is 26.3 Å². The molecular formula is C19H26N4O2. The summed E-state index contributed by atoms with van der Waals surface area (Å²) < 4.78 is 7.24. The summed E-state index contributed by atoms with van der Waals surface area (Å²) in [7, 11) is 0. The van der Waals surface area contributed by atoms with E-state index in [0.29, 0.717) is 6.42 Å². The number of nitrogens with zero attached hydrogens (tertiary/aromatic N) is 3. The Morgan fingerprint density at radius 3 is 2.72 bits per heavy atom.